The Morgan fingerprint density at radius 3 is 2.53 bits per heavy atom. The van der Waals surface area contributed by atoms with Gasteiger partial charge >= 0.3 is 0 Å². The molecule has 9 heteroatoms. The number of benzene rings is 2. The number of hydrogen-bond donors (Lipinski definition) is 1. The smallest absolute Gasteiger partial charge is 0.278 e. The van der Waals surface area contributed by atoms with Crippen molar-refractivity contribution < 1.29 is 23.4 Å². The molecular formula is C27H23F2N3O4. The summed E-state index contributed by atoms with van der Waals surface area (Å²) in [7, 11) is 0. The molecule has 1 aromatic heterocycles. The Hall–Kier alpha value is -4.14. The number of aromatic hydroxyl groups is 1. The van der Waals surface area contributed by atoms with Crippen molar-refractivity contribution in [3.05, 3.63) is 106 Å². The van der Waals surface area contributed by atoms with Gasteiger partial charge in [0.25, 0.3) is 5.91 Å². The summed E-state index contributed by atoms with van der Waals surface area (Å²) in [5.74, 6) is -3.28. The van der Waals surface area contributed by atoms with E-state index in [4.69, 9.17) is 4.74 Å². The first-order valence-corrected chi connectivity index (χ1v) is 11.8. The van der Waals surface area contributed by atoms with Crippen LogP contribution in [0.25, 0.3) is 0 Å². The van der Waals surface area contributed by atoms with Crippen molar-refractivity contribution in [2.24, 2.45) is 5.92 Å². The van der Waals surface area contributed by atoms with Crippen molar-refractivity contribution in [3.63, 3.8) is 0 Å². The second-order valence-electron chi connectivity index (χ2n) is 9.24. The van der Waals surface area contributed by atoms with Crippen LogP contribution in [0.1, 0.15) is 40.5 Å². The second-order valence-corrected chi connectivity index (χ2v) is 9.24. The Morgan fingerprint density at radius 1 is 1.00 bits per heavy atom. The molecule has 1 fully saturated rings. The Balaban J connectivity index is 1.65. The lowest BCUT2D eigenvalue weighted by Gasteiger charge is -2.46. The van der Waals surface area contributed by atoms with Crippen LogP contribution in [0.3, 0.4) is 0 Å². The predicted octanol–water partition coefficient (Wildman–Crippen LogP) is 3.70. The topological polar surface area (TPSA) is 75.0 Å². The number of ether oxygens (including phenoxy) is 1. The van der Waals surface area contributed by atoms with Gasteiger partial charge in [0.05, 0.1) is 6.04 Å². The van der Waals surface area contributed by atoms with E-state index >= 15 is 4.39 Å². The lowest BCUT2D eigenvalue weighted by Crippen LogP contribution is -2.58. The molecule has 2 atom stereocenters. The van der Waals surface area contributed by atoms with Crippen LogP contribution >= 0.6 is 0 Å². The molecule has 3 heterocycles. The molecule has 1 saturated carbocycles. The summed E-state index contributed by atoms with van der Waals surface area (Å²) in [5.41, 5.74) is 0.226. The summed E-state index contributed by atoms with van der Waals surface area (Å²) < 4.78 is 36.7. The van der Waals surface area contributed by atoms with Crippen molar-refractivity contribution in [2.45, 2.75) is 24.9 Å². The minimum absolute atomic E-state index is 0.0177. The fourth-order valence-electron chi connectivity index (χ4n) is 5.13. The molecular weight excluding hydrogens is 468 g/mol. The maximum absolute atomic E-state index is 15.1. The molecule has 0 unspecified atom stereocenters. The lowest BCUT2D eigenvalue weighted by molar-refractivity contribution is 0.0610. The number of halogens is 2. The third kappa shape index (κ3) is 3.54. The largest absolute Gasteiger partial charge is 0.502 e. The maximum Gasteiger partial charge on any atom is 0.278 e. The van der Waals surface area contributed by atoms with Gasteiger partial charge in [0.1, 0.15) is 19.3 Å². The molecule has 1 aliphatic carbocycles. The number of nitrogens with zero attached hydrogens (tertiary/aromatic N) is 3. The number of aromatic nitrogens is 1. The van der Waals surface area contributed by atoms with E-state index in [1.54, 1.807) is 16.0 Å². The number of amides is 1. The van der Waals surface area contributed by atoms with E-state index in [1.165, 1.54) is 23.0 Å². The zero-order valence-electron chi connectivity index (χ0n) is 19.2. The van der Waals surface area contributed by atoms with E-state index in [1.807, 2.05) is 36.4 Å². The average molecular weight is 491 g/mol. The third-order valence-electron chi connectivity index (χ3n) is 7.00. The molecule has 2 aromatic carbocycles. The fourth-order valence-corrected chi connectivity index (χ4v) is 5.13. The average Bonchev–Trinajstić information content (AvgIpc) is 3.72. The number of carbonyl (C=O) groups is 1. The van der Waals surface area contributed by atoms with Crippen molar-refractivity contribution in [3.8, 4) is 11.5 Å². The van der Waals surface area contributed by atoms with Crippen molar-refractivity contribution in [2.75, 3.05) is 18.3 Å². The number of hydrogen-bond acceptors (Lipinski definition) is 5. The molecule has 1 amide bonds. The quantitative estimate of drug-likeness (QED) is 0.554. The first kappa shape index (κ1) is 22.3. The zero-order chi connectivity index (χ0) is 25.0. The second kappa shape index (κ2) is 8.51. The molecule has 3 aromatic rings. The van der Waals surface area contributed by atoms with Crippen molar-refractivity contribution in [1.29, 1.82) is 0 Å². The number of pyridine rings is 1. The Labute approximate surface area is 205 Å². The van der Waals surface area contributed by atoms with Gasteiger partial charge < -0.3 is 14.7 Å². The number of fused-ring (bicyclic) bond motifs is 5. The molecule has 0 spiro atoms. The summed E-state index contributed by atoms with van der Waals surface area (Å²) in [4.78, 5) is 27.7. The number of carbonyl (C=O) groups excluding carboxylic acids is 1. The standard InChI is InChI=1S/C27H23F2N3O4/c28-19-11-10-18-23(17-5-2-1-3-6-17)32-15-30(27(35)24-25(34)21(33)12-13-31(24)32)20(16-8-9-16)7-4-14-36-26(18)22(19)29/h1-7,10-13,16,20,23,34H,8-9,14-15H2/b7-4-/t20-,23-/m0/s1. The van der Waals surface area contributed by atoms with Gasteiger partial charge in [0, 0.05) is 17.8 Å². The van der Waals surface area contributed by atoms with Crippen LogP contribution < -0.4 is 15.2 Å². The van der Waals surface area contributed by atoms with E-state index in [9.17, 15) is 19.1 Å². The normalized spacial score (nSPS) is 22.2. The monoisotopic (exact) mass is 491 g/mol. The van der Waals surface area contributed by atoms with Crippen molar-refractivity contribution in [1.82, 2.24) is 9.58 Å². The van der Waals surface area contributed by atoms with Crippen LogP contribution in [0.2, 0.25) is 0 Å². The van der Waals surface area contributed by atoms with Gasteiger partial charge in [0.15, 0.2) is 23.0 Å². The van der Waals surface area contributed by atoms with Gasteiger partial charge in [0.2, 0.25) is 11.2 Å². The highest BCUT2D eigenvalue weighted by Gasteiger charge is 2.44. The fraction of sp³-hybridized carbons (Fsp3) is 0.259. The van der Waals surface area contributed by atoms with Gasteiger partial charge in [-0.3, -0.25) is 19.3 Å². The number of rotatable bonds is 2. The maximum atomic E-state index is 15.1. The van der Waals surface area contributed by atoms with Gasteiger partial charge in [-0.2, -0.15) is 4.39 Å². The Bertz CT molecular complexity index is 1430. The van der Waals surface area contributed by atoms with Gasteiger partial charge in [-0.05, 0) is 42.5 Å². The lowest BCUT2D eigenvalue weighted by atomic mass is 9.96. The molecule has 7 nitrogen and oxygen atoms in total. The third-order valence-corrected chi connectivity index (χ3v) is 7.00. The first-order valence-electron chi connectivity index (χ1n) is 11.8. The zero-order valence-corrected chi connectivity index (χ0v) is 19.2. The molecule has 0 radical (unpaired) electrons. The summed E-state index contributed by atoms with van der Waals surface area (Å²) in [6, 6.07) is 11.8. The molecule has 1 N–H and O–H groups in total. The minimum Gasteiger partial charge on any atom is -0.502 e. The van der Waals surface area contributed by atoms with E-state index in [0.717, 1.165) is 24.5 Å². The van der Waals surface area contributed by atoms with E-state index < -0.39 is 34.8 Å². The van der Waals surface area contributed by atoms with Gasteiger partial charge in [-0.15, -0.1) is 0 Å². The van der Waals surface area contributed by atoms with Crippen LogP contribution in [0, 0.1) is 17.6 Å². The van der Waals surface area contributed by atoms with Crippen LogP contribution in [0.4, 0.5) is 8.78 Å². The molecule has 3 aliphatic rings. The van der Waals surface area contributed by atoms with E-state index in [0.29, 0.717) is 5.56 Å². The van der Waals surface area contributed by atoms with Crippen LogP contribution in [-0.2, 0) is 0 Å². The summed E-state index contributed by atoms with van der Waals surface area (Å²) >= 11 is 0. The minimum atomic E-state index is -1.10. The molecule has 0 saturated heterocycles. The Morgan fingerprint density at radius 2 is 1.78 bits per heavy atom. The first-order chi connectivity index (χ1) is 17.5. The van der Waals surface area contributed by atoms with Crippen molar-refractivity contribution >= 4 is 5.91 Å². The summed E-state index contributed by atoms with van der Waals surface area (Å²) in [6.07, 6.45) is 6.81. The van der Waals surface area contributed by atoms with Crippen LogP contribution in [0.5, 0.6) is 11.5 Å². The summed E-state index contributed by atoms with van der Waals surface area (Å²) in [6.45, 7) is 0.0633. The highest BCUT2D eigenvalue weighted by Crippen LogP contribution is 2.42. The Kier molecular flexibility index (Phi) is 5.28. The van der Waals surface area contributed by atoms with E-state index in [-0.39, 0.29) is 36.7 Å². The summed E-state index contributed by atoms with van der Waals surface area (Å²) in [5, 5.41) is 12.5. The van der Waals surface area contributed by atoms with Gasteiger partial charge in [-0.1, -0.05) is 36.4 Å². The molecule has 184 valence electrons. The highest BCUT2D eigenvalue weighted by molar-refractivity contribution is 5.96. The van der Waals surface area contributed by atoms with Crippen LogP contribution in [0.15, 0.2) is 71.7 Å². The SMILES string of the molecule is O=C1c2c(O)c(=O)ccn2N2CN1[C@H](C1CC1)/C=C\COc1c(ccc(F)c1F)[C@@H]2c1ccccc1. The van der Waals surface area contributed by atoms with Crippen LogP contribution in [-0.4, -0.2) is 39.9 Å². The molecule has 36 heavy (non-hydrogen) atoms. The highest BCUT2D eigenvalue weighted by atomic mass is 19.2. The molecule has 2 aliphatic heterocycles. The van der Waals surface area contributed by atoms with Gasteiger partial charge in [-0.25, -0.2) is 4.39 Å². The predicted molar refractivity (Wildman–Crippen MR) is 127 cm³/mol. The molecule has 2 bridgehead atoms. The molecule has 6 rings (SSSR count). The van der Waals surface area contributed by atoms with E-state index in [2.05, 4.69) is 0 Å².